The maximum absolute atomic E-state index is 6.32. The van der Waals surface area contributed by atoms with E-state index < -0.39 is 0 Å². The quantitative estimate of drug-likeness (QED) is 0.366. The number of nitrogens with one attached hydrogen (secondary N) is 1. The van der Waals surface area contributed by atoms with Crippen LogP contribution in [0.4, 0.5) is 0 Å². The molecule has 2 aromatic heterocycles. The van der Waals surface area contributed by atoms with E-state index in [4.69, 9.17) is 18.9 Å². The van der Waals surface area contributed by atoms with E-state index >= 15 is 0 Å². The first-order valence-electron chi connectivity index (χ1n) is 12.1. The molecule has 0 bridgehead atoms. The van der Waals surface area contributed by atoms with Crippen molar-refractivity contribution in [3.8, 4) is 23.1 Å². The monoisotopic (exact) mass is 476 g/mol. The molecule has 2 aromatic carbocycles. The van der Waals surface area contributed by atoms with Gasteiger partial charge >= 0.3 is 0 Å². The highest BCUT2D eigenvalue weighted by Gasteiger charge is 2.21. The molecule has 0 unspecified atom stereocenters. The van der Waals surface area contributed by atoms with Gasteiger partial charge in [-0.1, -0.05) is 12.1 Å². The number of aromatic amines is 1. The molecule has 0 amide bonds. The van der Waals surface area contributed by atoms with Gasteiger partial charge in [-0.3, -0.25) is 0 Å². The van der Waals surface area contributed by atoms with Crippen molar-refractivity contribution >= 4 is 21.8 Å². The smallest absolute Gasteiger partial charge is 0.230 e. The molecule has 1 saturated heterocycles. The summed E-state index contributed by atoms with van der Waals surface area (Å²) in [5, 5.41) is 1.78. The number of hydrogen-bond donors (Lipinski definition) is 1. The van der Waals surface area contributed by atoms with Crippen molar-refractivity contribution in [3.63, 3.8) is 0 Å². The fraction of sp³-hybridized carbons (Fsp3) is 0.407. The highest BCUT2D eigenvalue weighted by Crippen LogP contribution is 2.39. The Bertz CT molecular complexity index is 1300. The number of benzene rings is 2. The molecule has 0 saturated carbocycles. The number of ether oxygens (including phenoxy) is 4. The summed E-state index contributed by atoms with van der Waals surface area (Å²) in [5.41, 5.74) is 2.71. The fourth-order valence-electron chi connectivity index (χ4n) is 4.68. The molecule has 0 aliphatic carbocycles. The lowest BCUT2D eigenvalue weighted by atomic mass is 9.98. The third kappa shape index (κ3) is 5.04. The summed E-state index contributed by atoms with van der Waals surface area (Å²) >= 11 is 0. The predicted molar refractivity (Wildman–Crippen MR) is 136 cm³/mol. The average Bonchev–Trinajstić information content (AvgIpc) is 3.21. The summed E-state index contributed by atoms with van der Waals surface area (Å²) in [6.07, 6.45) is 3.75. The molecule has 35 heavy (non-hydrogen) atoms. The van der Waals surface area contributed by atoms with Crippen LogP contribution >= 0.6 is 0 Å². The number of nitrogens with zero attached hydrogens (tertiary/aromatic N) is 3. The van der Waals surface area contributed by atoms with Crippen molar-refractivity contribution in [2.24, 2.45) is 5.92 Å². The first-order valence-corrected chi connectivity index (χ1v) is 12.1. The molecule has 8 heteroatoms. The van der Waals surface area contributed by atoms with E-state index in [9.17, 15) is 0 Å². The first-order chi connectivity index (χ1) is 17.2. The molecule has 0 atom stereocenters. The van der Waals surface area contributed by atoms with Crippen LogP contribution in [0.1, 0.15) is 18.5 Å². The zero-order valence-electron chi connectivity index (χ0n) is 20.5. The topological polar surface area (TPSA) is 81.7 Å². The zero-order valence-corrected chi connectivity index (χ0v) is 20.5. The second kappa shape index (κ2) is 10.5. The molecule has 184 valence electrons. The lowest BCUT2D eigenvalue weighted by Crippen LogP contribution is -2.37. The van der Waals surface area contributed by atoms with E-state index in [1.165, 1.54) is 6.33 Å². The van der Waals surface area contributed by atoms with Crippen molar-refractivity contribution in [1.82, 2.24) is 19.9 Å². The highest BCUT2D eigenvalue weighted by molar-refractivity contribution is 5.90. The number of aryl methyl sites for hydroxylation is 1. The number of H-pyrrole nitrogens is 1. The van der Waals surface area contributed by atoms with Crippen LogP contribution in [0, 0.1) is 12.8 Å². The van der Waals surface area contributed by atoms with Crippen LogP contribution in [0.3, 0.4) is 0 Å². The van der Waals surface area contributed by atoms with E-state index in [-0.39, 0.29) is 0 Å². The molecule has 4 aromatic rings. The number of fused-ring (bicyclic) bond motifs is 2. The first kappa shape index (κ1) is 23.4. The molecule has 5 rings (SSSR count). The molecule has 1 fully saturated rings. The number of rotatable bonds is 9. The third-order valence-electron chi connectivity index (χ3n) is 6.71. The molecule has 8 nitrogen and oxygen atoms in total. The van der Waals surface area contributed by atoms with Gasteiger partial charge in [0.05, 0.1) is 36.9 Å². The van der Waals surface area contributed by atoms with Gasteiger partial charge in [0.25, 0.3) is 0 Å². The molecule has 1 N–H and O–H groups in total. The maximum Gasteiger partial charge on any atom is 0.230 e. The maximum atomic E-state index is 6.32. The molecule has 1 aliphatic rings. The van der Waals surface area contributed by atoms with E-state index in [2.05, 4.69) is 19.9 Å². The average molecular weight is 477 g/mol. The van der Waals surface area contributed by atoms with Crippen molar-refractivity contribution < 1.29 is 18.9 Å². The number of piperidine rings is 1. The van der Waals surface area contributed by atoms with Crippen LogP contribution in [-0.4, -0.2) is 66.9 Å². The van der Waals surface area contributed by atoms with Crippen LogP contribution in [0.5, 0.6) is 23.1 Å². The summed E-state index contributed by atoms with van der Waals surface area (Å²) < 4.78 is 23.4. The van der Waals surface area contributed by atoms with Gasteiger partial charge in [0.1, 0.15) is 6.33 Å². The van der Waals surface area contributed by atoms with Gasteiger partial charge in [0.2, 0.25) is 5.88 Å². The van der Waals surface area contributed by atoms with Crippen molar-refractivity contribution in [3.05, 3.63) is 48.4 Å². The predicted octanol–water partition coefficient (Wildman–Crippen LogP) is 4.96. The van der Waals surface area contributed by atoms with Gasteiger partial charge in [0, 0.05) is 30.6 Å². The fourth-order valence-corrected chi connectivity index (χ4v) is 4.68. The zero-order chi connectivity index (χ0) is 24.2. The van der Waals surface area contributed by atoms with Crippen LogP contribution in [0.25, 0.3) is 21.8 Å². The summed E-state index contributed by atoms with van der Waals surface area (Å²) in [5.74, 6) is 3.09. The number of methoxy groups -OCH3 is 2. The van der Waals surface area contributed by atoms with Gasteiger partial charge in [-0.05, 0) is 57.0 Å². The Morgan fingerprint density at radius 1 is 1.03 bits per heavy atom. The third-order valence-corrected chi connectivity index (χ3v) is 6.71. The molecule has 0 radical (unpaired) electrons. The van der Waals surface area contributed by atoms with E-state index in [1.54, 1.807) is 14.2 Å². The molecule has 3 heterocycles. The second-order valence-electron chi connectivity index (χ2n) is 9.01. The van der Waals surface area contributed by atoms with E-state index in [0.717, 1.165) is 72.3 Å². The Hall–Kier alpha value is -3.36. The highest BCUT2D eigenvalue weighted by atomic mass is 16.5. The van der Waals surface area contributed by atoms with Gasteiger partial charge in [-0.15, -0.1) is 0 Å². The summed E-state index contributed by atoms with van der Waals surface area (Å²) in [7, 11) is 3.40. The van der Waals surface area contributed by atoms with Crippen LogP contribution in [0.2, 0.25) is 0 Å². The van der Waals surface area contributed by atoms with E-state index in [0.29, 0.717) is 29.9 Å². The Kier molecular flexibility index (Phi) is 7.01. The second-order valence-corrected chi connectivity index (χ2v) is 9.01. The number of hydrogen-bond acceptors (Lipinski definition) is 7. The van der Waals surface area contributed by atoms with Crippen molar-refractivity contribution in [1.29, 1.82) is 0 Å². The Morgan fingerprint density at radius 2 is 1.86 bits per heavy atom. The number of likely N-dealkylation sites (tertiary alicyclic amines) is 1. The largest absolute Gasteiger partial charge is 0.493 e. The van der Waals surface area contributed by atoms with Gasteiger partial charge in [-0.2, -0.15) is 0 Å². The van der Waals surface area contributed by atoms with E-state index in [1.807, 2.05) is 43.3 Å². The minimum absolute atomic E-state index is 0.483. The molecular weight excluding hydrogens is 444 g/mol. The summed E-state index contributed by atoms with van der Waals surface area (Å²) in [4.78, 5) is 14.7. The SMILES string of the molecule is COCCN1CCC(COc2cc3ncnc(Oc4c(C)[nH]c5ccccc45)c3cc2OC)CC1. The van der Waals surface area contributed by atoms with Crippen LogP contribution < -0.4 is 14.2 Å². The van der Waals surface area contributed by atoms with Crippen molar-refractivity contribution in [2.75, 3.05) is 47.1 Å². The van der Waals surface area contributed by atoms with Crippen LogP contribution in [-0.2, 0) is 4.74 Å². The van der Waals surface area contributed by atoms with Crippen molar-refractivity contribution in [2.45, 2.75) is 19.8 Å². The van der Waals surface area contributed by atoms with Gasteiger partial charge < -0.3 is 28.8 Å². The molecular formula is C27H32N4O4. The Labute approximate surface area is 205 Å². The Morgan fingerprint density at radius 3 is 2.66 bits per heavy atom. The number of aromatic nitrogens is 3. The molecule has 1 aliphatic heterocycles. The standard InChI is InChI=1S/C27H32N4O4/c1-18-26(20-6-4-5-7-22(20)30-18)35-27-21-14-24(33-3)25(15-23(21)28-17-29-27)34-16-19-8-10-31(11-9-19)12-13-32-2/h4-7,14-15,17,19,30H,8-13,16H2,1-3H3. The van der Waals surface area contributed by atoms with Crippen LogP contribution in [0.15, 0.2) is 42.7 Å². The van der Waals surface area contributed by atoms with Gasteiger partial charge in [-0.25, -0.2) is 9.97 Å². The molecule has 0 spiro atoms. The lowest BCUT2D eigenvalue weighted by Gasteiger charge is -2.31. The Balaban J connectivity index is 1.34. The summed E-state index contributed by atoms with van der Waals surface area (Å²) in [6, 6.07) is 11.9. The van der Waals surface area contributed by atoms with Gasteiger partial charge in [0.15, 0.2) is 17.2 Å². The lowest BCUT2D eigenvalue weighted by molar-refractivity contribution is 0.104. The minimum Gasteiger partial charge on any atom is -0.493 e. The number of para-hydroxylation sites is 1. The minimum atomic E-state index is 0.483. The summed E-state index contributed by atoms with van der Waals surface area (Å²) in [6.45, 7) is 6.57. The normalized spacial score (nSPS) is 15.1.